The first kappa shape index (κ1) is 21.8. The van der Waals surface area contributed by atoms with Gasteiger partial charge in [-0.2, -0.15) is 0 Å². The maximum atomic E-state index is 12.5. The van der Waals surface area contributed by atoms with E-state index in [1.54, 1.807) is 6.92 Å². The minimum Gasteiger partial charge on any atom is -0.329 e. The molecular weight excluding hydrogens is 342 g/mol. The Morgan fingerprint density at radius 3 is 2.35 bits per heavy atom. The lowest BCUT2D eigenvalue weighted by Crippen LogP contribution is -2.51. The van der Waals surface area contributed by atoms with E-state index < -0.39 is 20.5 Å². The van der Waals surface area contributed by atoms with Crippen LogP contribution in [0.25, 0.3) is 0 Å². The second-order valence-electron chi connectivity index (χ2n) is 6.17. The summed E-state index contributed by atoms with van der Waals surface area (Å²) >= 11 is 0. The van der Waals surface area contributed by atoms with E-state index in [-0.39, 0.29) is 35.5 Å². The largest absolute Gasteiger partial charge is 0.329 e. The second-order valence-corrected chi connectivity index (χ2v) is 7.86. The van der Waals surface area contributed by atoms with Crippen LogP contribution in [0.5, 0.6) is 0 Å². The summed E-state index contributed by atoms with van der Waals surface area (Å²) in [5.41, 5.74) is 5.15. The number of benzene rings is 1. The molecule has 3 N–H and O–H groups in total. The first-order valence-electron chi connectivity index (χ1n) is 7.00. The Bertz CT molecular complexity index is 664. The van der Waals surface area contributed by atoms with Crippen molar-refractivity contribution < 1.29 is 13.3 Å². The first-order valence-corrected chi connectivity index (χ1v) is 8.48. The van der Waals surface area contributed by atoms with E-state index in [0.29, 0.717) is 12.0 Å². The molecule has 9 heteroatoms. The molecule has 7 nitrogen and oxygen atoms in total. The van der Waals surface area contributed by atoms with Crippen LogP contribution in [0, 0.1) is 23.0 Å². The average molecular weight is 366 g/mol. The quantitative estimate of drug-likeness (QED) is 0.568. The Morgan fingerprint density at radius 1 is 1.39 bits per heavy atom. The summed E-state index contributed by atoms with van der Waals surface area (Å²) in [4.78, 5) is 10.3. The number of rotatable bonds is 7. The zero-order chi connectivity index (χ0) is 17.1. The Kier molecular flexibility index (Phi) is 7.62. The summed E-state index contributed by atoms with van der Waals surface area (Å²) in [6, 6.07) is 3.73. The maximum absolute atomic E-state index is 12.5. The molecule has 132 valence electrons. The number of sulfonamides is 1. The summed E-state index contributed by atoms with van der Waals surface area (Å²) in [6.07, 6.45) is 0.592. The monoisotopic (exact) mass is 365 g/mol. The van der Waals surface area contributed by atoms with Gasteiger partial charge in [0, 0.05) is 23.7 Å². The molecule has 23 heavy (non-hydrogen) atoms. The van der Waals surface area contributed by atoms with E-state index in [2.05, 4.69) is 4.72 Å². The van der Waals surface area contributed by atoms with Gasteiger partial charge in [-0.3, -0.25) is 10.1 Å². The summed E-state index contributed by atoms with van der Waals surface area (Å²) in [5.74, 6) is 0.273. The van der Waals surface area contributed by atoms with Crippen molar-refractivity contribution in [3.05, 3.63) is 33.9 Å². The Morgan fingerprint density at radius 2 is 1.96 bits per heavy atom. The van der Waals surface area contributed by atoms with Gasteiger partial charge in [-0.15, -0.1) is 12.4 Å². The molecule has 1 aromatic rings. The molecule has 1 rings (SSSR count). The third kappa shape index (κ3) is 5.72. The molecule has 1 aromatic carbocycles. The van der Waals surface area contributed by atoms with E-state index >= 15 is 0 Å². The molecule has 1 atom stereocenters. The molecule has 1 unspecified atom stereocenters. The topological polar surface area (TPSA) is 115 Å². The van der Waals surface area contributed by atoms with Gasteiger partial charge in [0.25, 0.3) is 5.69 Å². The third-order valence-electron chi connectivity index (χ3n) is 3.37. The van der Waals surface area contributed by atoms with Crippen LogP contribution in [0.1, 0.15) is 32.8 Å². The fourth-order valence-electron chi connectivity index (χ4n) is 2.45. The van der Waals surface area contributed by atoms with Gasteiger partial charge < -0.3 is 5.73 Å². The molecule has 0 aliphatic rings. The highest BCUT2D eigenvalue weighted by Gasteiger charge is 2.30. The fraction of sp³-hybridized carbons (Fsp3) is 0.571. The van der Waals surface area contributed by atoms with Crippen LogP contribution < -0.4 is 10.5 Å². The molecular formula is C14H24ClN3O4S. The van der Waals surface area contributed by atoms with E-state index in [1.165, 1.54) is 25.1 Å². The molecule has 0 aliphatic carbocycles. The van der Waals surface area contributed by atoms with Crippen molar-refractivity contribution in [2.45, 2.75) is 44.6 Å². The van der Waals surface area contributed by atoms with Crippen LogP contribution in [0.2, 0.25) is 0 Å². The maximum Gasteiger partial charge on any atom is 0.272 e. The van der Waals surface area contributed by atoms with Gasteiger partial charge in [0.1, 0.15) is 0 Å². The fourth-order valence-corrected chi connectivity index (χ4v) is 3.96. The molecule has 0 bridgehead atoms. The van der Waals surface area contributed by atoms with E-state index in [9.17, 15) is 18.5 Å². The van der Waals surface area contributed by atoms with Crippen molar-refractivity contribution in [1.82, 2.24) is 4.72 Å². The summed E-state index contributed by atoms with van der Waals surface area (Å²) in [6.45, 7) is 7.39. The number of hydrogen-bond acceptors (Lipinski definition) is 5. The van der Waals surface area contributed by atoms with Gasteiger partial charge >= 0.3 is 0 Å². The molecule has 0 saturated heterocycles. The van der Waals surface area contributed by atoms with Crippen LogP contribution in [-0.2, 0) is 10.0 Å². The van der Waals surface area contributed by atoms with Gasteiger partial charge in [0.05, 0.1) is 9.82 Å². The summed E-state index contributed by atoms with van der Waals surface area (Å²) in [5, 5.41) is 10.8. The number of hydrogen-bond donors (Lipinski definition) is 2. The molecule has 0 heterocycles. The zero-order valence-corrected chi connectivity index (χ0v) is 15.3. The van der Waals surface area contributed by atoms with Gasteiger partial charge in [-0.25, -0.2) is 13.1 Å². The Balaban J connectivity index is 0.00000484. The van der Waals surface area contributed by atoms with Crippen molar-refractivity contribution in [1.29, 1.82) is 0 Å². The first-order chi connectivity index (χ1) is 10.0. The Labute approximate surface area is 143 Å². The molecule has 0 aromatic heterocycles. The number of nitrogens with one attached hydrogen (secondary N) is 1. The van der Waals surface area contributed by atoms with E-state index in [0.717, 1.165) is 0 Å². The summed E-state index contributed by atoms with van der Waals surface area (Å²) in [7, 11) is -3.79. The molecule has 0 radical (unpaired) electrons. The molecule has 0 saturated carbocycles. The smallest absolute Gasteiger partial charge is 0.272 e. The van der Waals surface area contributed by atoms with Crippen LogP contribution in [0.3, 0.4) is 0 Å². The zero-order valence-electron chi connectivity index (χ0n) is 13.7. The van der Waals surface area contributed by atoms with Crippen molar-refractivity contribution >= 4 is 28.1 Å². The van der Waals surface area contributed by atoms with Gasteiger partial charge in [0.2, 0.25) is 10.0 Å². The van der Waals surface area contributed by atoms with Crippen LogP contribution >= 0.6 is 12.4 Å². The third-order valence-corrected chi connectivity index (χ3v) is 5.00. The van der Waals surface area contributed by atoms with Crippen molar-refractivity contribution in [2.75, 3.05) is 6.54 Å². The Hall–Kier alpha value is -1.22. The van der Waals surface area contributed by atoms with Crippen molar-refractivity contribution in [3.63, 3.8) is 0 Å². The lowest BCUT2D eigenvalue weighted by molar-refractivity contribution is -0.385. The molecule has 0 aliphatic heterocycles. The summed E-state index contributed by atoms with van der Waals surface area (Å²) < 4.78 is 27.6. The molecule has 0 fully saturated rings. The molecule has 0 amide bonds. The van der Waals surface area contributed by atoms with Crippen LogP contribution in [0.15, 0.2) is 23.1 Å². The number of nitro groups is 1. The number of nitrogens with two attached hydrogens (primary N) is 1. The van der Waals surface area contributed by atoms with Crippen LogP contribution in [0.4, 0.5) is 5.69 Å². The standard InChI is InChI=1S/C14H23N3O4S.ClH/c1-10(2)8-14(4,9-15)16-22(20,21)12-5-6-13(17(18)19)11(3)7-12;/h5-7,10,16H,8-9,15H2,1-4H3;1H. The second kappa shape index (κ2) is 8.05. The lowest BCUT2D eigenvalue weighted by atomic mass is 9.92. The highest BCUT2D eigenvalue weighted by Crippen LogP contribution is 2.24. The minimum absolute atomic E-state index is 0. The normalized spacial score (nSPS) is 14.2. The van der Waals surface area contributed by atoms with Crippen molar-refractivity contribution in [3.8, 4) is 0 Å². The highest BCUT2D eigenvalue weighted by atomic mass is 35.5. The predicted octanol–water partition coefficient (Wildman–Crippen LogP) is 2.37. The van der Waals surface area contributed by atoms with Gasteiger partial charge in [-0.1, -0.05) is 13.8 Å². The predicted molar refractivity (Wildman–Crippen MR) is 92.3 cm³/mol. The SMILES string of the molecule is Cc1cc(S(=O)(=O)NC(C)(CN)CC(C)C)ccc1[N+](=O)[O-].Cl. The number of aryl methyl sites for hydroxylation is 1. The molecule has 0 spiro atoms. The van der Waals surface area contributed by atoms with Crippen molar-refractivity contribution in [2.24, 2.45) is 11.7 Å². The lowest BCUT2D eigenvalue weighted by Gasteiger charge is -2.30. The van der Waals surface area contributed by atoms with Crippen LogP contribution in [-0.4, -0.2) is 25.4 Å². The van der Waals surface area contributed by atoms with E-state index in [4.69, 9.17) is 5.73 Å². The number of halogens is 1. The van der Waals surface area contributed by atoms with Gasteiger partial charge in [-0.05, 0) is 38.3 Å². The highest BCUT2D eigenvalue weighted by molar-refractivity contribution is 7.89. The number of nitrogens with zero attached hydrogens (tertiary/aromatic N) is 1. The van der Waals surface area contributed by atoms with Gasteiger partial charge in [0.15, 0.2) is 0 Å². The van der Waals surface area contributed by atoms with E-state index in [1.807, 2.05) is 13.8 Å². The average Bonchev–Trinajstić information content (AvgIpc) is 2.36. The number of nitro benzene ring substituents is 1. The minimum atomic E-state index is -3.79.